The van der Waals surface area contributed by atoms with Gasteiger partial charge in [0.05, 0.1) is 19.3 Å². The second-order valence-electron chi connectivity index (χ2n) is 5.21. The molecule has 0 heterocycles. The maximum atomic E-state index is 12.4. The average Bonchev–Trinajstić information content (AvgIpc) is 2.45. The van der Waals surface area contributed by atoms with Gasteiger partial charge in [0.2, 0.25) is 10.0 Å². The molecule has 1 aliphatic carbocycles. The minimum absolute atomic E-state index is 0.0628. The molecular formula is C14H21NO5S. The molecule has 0 aliphatic heterocycles. The van der Waals surface area contributed by atoms with Crippen molar-refractivity contribution in [3.05, 3.63) is 23.8 Å². The molecule has 118 valence electrons. The molecular weight excluding hydrogens is 294 g/mol. The lowest BCUT2D eigenvalue weighted by atomic mass is 9.80. The van der Waals surface area contributed by atoms with Gasteiger partial charge in [-0.1, -0.05) is 6.07 Å². The summed E-state index contributed by atoms with van der Waals surface area (Å²) in [5.41, 5.74) is 0.212. The van der Waals surface area contributed by atoms with Gasteiger partial charge in [-0.3, -0.25) is 0 Å². The topological polar surface area (TPSA) is 84.9 Å². The Morgan fingerprint density at radius 2 is 2.05 bits per heavy atom. The van der Waals surface area contributed by atoms with E-state index >= 15 is 0 Å². The summed E-state index contributed by atoms with van der Waals surface area (Å²) in [5.74, 6) is 0.217. The van der Waals surface area contributed by atoms with E-state index in [1.165, 1.54) is 19.2 Å². The van der Waals surface area contributed by atoms with E-state index in [9.17, 15) is 8.42 Å². The van der Waals surface area contributed by atoms with E-state index in [1.807, 2.05) is 0 Å². The molecule has 1 saturated carbocycles. The number of aliphatic hydroxyl groups excluding tert-OH is 1. The van der Waals surface area contributed by atoms with Gasteiger partial charge in [0.15, 0.2) is 0 Å². The van der Waals surface area contributed by atoms with Crippen LogP contribution in [-0.2, 0) is 21.4 Å². The smallest absolute Gasteiger partial charge is 0.244 e. The first-order valence-electron chi connectivity index (χ1n) is 6.79. The van der Waals surface area contributed by atoms with E-state index in [4.69, 9.17) is 14.6 Å². The van der Waals surface area contributed by atoms with Crippen molar-refractivity contribution in [3.8, 4) is 5.75 Å². The second-order valence-corrected chi connectivity index (χ2v) is 6.94. The predicted molar refractivity (Wildman–Crippen MR) is 77.7 cm³/mol. The van der Waals surface area contributed by atoms with E-state index < -0.39 is 10.0 Å². The molecule has 1 aromatic rings. The third-order valence-electron chi connectivity index (χ3n) is 3.98. The van der Waals surface area contributed by atoms with Crippen LogP contribution >= 0.6 is 0 Å². The molecule has 0 amide bonds. The molecule has 0 atom stereocenters. The van der Waals surface area contributed by atoms with Gasteiger partial charge in [0.1, 0.15) is 10.6 Å². The maximum Gasteiger partial charge on any atom is 0.244 e. The maximum absolute atomic E-state index is 12.4. The summed E-state index contributed by atoms with van der Waals surface area (Å²) >= 11 is 0. The highest BCUT2D eigenvalue weighted by molar-refractivity contribution is 7.89. The number of hydrogen-bond acceptors (Lipinski definition) is 5. The minimum Gasteiger partial charge on any atom is -0.495 e. The lowest BCUT2D eigenvalue weighted by molar-refractivity contribution is -0.0659. The Morgan fingerprint density at radius 1 is 1.33 bits per heavy atom. The van der Waals surface area contributed by atoms with Crippen LogP contribution in [0, 0.1) is 0 Å². The molecule has 0 saturated heterocycles. The zero-order valence-corrected chi connectivity index (χ0v) is 13.1. The fraction of sp³-hybridized carbons (Fsp3) is 0.571. The van der Waals surface area contributed by atoms with E-state index in [0.717, 1.165) is 19.3 Å². The van der Waals surface area contributed by atoms with Gasteiger partial charge in [-0.15, -0.1) is 0 Å². The van der Waals surface area contributed by atoms with Crippen LogP contribution in [0.15, 0.2) is 23.1 Å². The highest BCUT2D eigenvalue weighted by atomic mass is 32.2. The molecule has 2 rings (SSSR count). The summed E-state index contributed by atoms with van der Waals surface area (Å²) in [7, 11) is -0.682. The second kappa shape index (κ2) is 6.31. The van der Waals surface area contributed by atoms with Crippen LogP contribution in [0.1, 0.15) is 24.8 Å². The quantitative estimate of drug-likeness (QED) is 0.785. The summed E-state index contributed by atoms with van der Waals surface area (Å²) in [6.07, 6.45) is 2.75. The fourth-order valence-electron chi connectivity index (χ4n) is 2.36. The van der Waals surface area contributed by atoms with Crippen molar-refractivity contribution >= 4 is 10.0 Å². The Morgan fingerprint density at radius 3 is 2.52 bits per heavy atom. The van der Waals surface area contributed by atoms with Crippen molar-refractivity contribution in [2.24, 2.45) is 0 Å². The normalized spacial score (nSPS) is 17.3. The number of nitrogens with one attached hydrogen (secondary N) is 1. The Labute approximate surface area is 125 Å². The third-order valence-corrected chi connectivity index (χ3v) is 5.42. The van der Waals surface area contributed by atoms with Crippen LogP contribution in [0.4, 0.5) is 0 Å². The van der Waals surface area contributed by atoms with Crippen LogP contribution in [0.3, 0.4) is 0 Å². The zero-order valence-electron chi connectivity index (χ0n) is 12.3. The number of ether oxygens (including phenoxy) is 2. The van der Waals surface area contributed by atoms with E-state index in [1.54, 1.807) is 13.2 Å². The number of aliphatic hydroxyl groups is 1. The summed E-state index contributed by atoms with van der Waals surface area (Å²) in [6, 6.07) is 4.52. The van der Waals surface area contributed by atoms with Gasteiger partial charge in [-0.05, 0) is 37.0 Å². The van der Waals surface area contributed by atoms with Crippen molar-refractivity contribution < 1.29 is 23.0 Å². The first-order chi connectivity index (χ1) is 9.96. The standard InChI is InChI=1S/C14H21NO5S/c1-19-12-8-11(9-16)4-5-13(12)21(17,18)15-10-14(20-2)6-3-7-14/h4-5,8,15-16H,3,6-7,9-10H2,1-2H3. The van der Waals surface area contributed by atoms with Gasteiger partial charge in [-0.25, -0.2) is 13.1 Å². The Hall–Kier alpha value is -1.15. The lowest BCUT2D eigenvalue weighted by Gasteiger charge is -2.40. The van der Waals surface area contributed by atoms with E-state index in [0.29, 0.717) is 5.56 Å². The molecule has 1 aliphatic rings. The van der Waals surface area contributed by atoms with Crippen LogP contribution < -0.4 is 9.46 Å². The van der Waals surface area contributed by atoms with E-state index in [2.05, 4.69) is 4.72 Å². The zero-order chi connectivity index (χ0) is 15.5. The highest BCUT2D eigenvalue weighted by Gasteiger charge is 2.38. The Bertz CT molecular complexity index is 590. The van der Waals surface area contributed by atoms with Crippen LogP contribution in [0.2, 0.25) is 0 Å². The summed E-state index contributed by atoms with van der Waals surface area (Å²) in [4.78, 5) is 0.0628. The first-order valence-corrected chi connectivity index (χ1v) is 8.27. The minimum atomic E-state index is -3.68. The largest absolute Gasteiger partial charge is 0.495 e. The molecule has 1 aromatic carbocycles. The summed E-state index contributed by atoms with van der Waals surface area (Å²) in [5, 5.41) is 9.10. The van der Waals surface area contributed by atoms with Crippen LogP contribution in [-0.4, -0.2) is 39.9 Å². The van der Waals surface area contributed by atoms with Crippen molar-refractivity contribution in [2.45, 2.75) is 36.4 Å². The Kier molecular flexibility index (Phi) is 4.88. The van der Waals surface area contributed by atoms with Crippen molar-refractivity contribution in [1.29, 1.82) is 0 Å². The first kappa shape index (κ1) is 16.2. The molecule has 1 fully saturated rings. The van der Waals surface area contributed by atoms with Gasteiger partial charge >= 0.3 is 0 Å². The fourth-order valence-corrected chi connectivity index (χ4v) is 3.62. The summed E-state index contributed by atoms with van der Waals surface area (Å²) < 4.78 is 37.9. The lowest BCUT2D eigenvalue weighted by Crippen LogP contribution is -2.49. The molecule has 2 N–H and O–H groups in total. The molecule has 0 radical (unpaired) electrons. The Balaban J connectivity index is 2.19. The van der Waals surface area contributed by atoms with Crippen LogP contribution in [0.25, 0.3) is 0 Å². The van der Waals surface area contributed by atoms with Crippen molar-refractivity contribution in [2.75, 3.05) is 20.8 Å². The highest BCUT2D eigenvalue weighted by Crippen LogP contribution is 2.35. The SMILES string of the molecule is COc1cc(CO)ccc1S(=O)(=O)NCC1(OC)CCC1. The van der Waals surface area contributed by atoms with Gasteiger partial charge < -0.3 is 14.6 Å². The number of rotatable bonds is 7. The molecule has 0 unspecified atom stereocenters. The summed E-state index contributed by atoms with van der Waals surface area (Å²) in [6.45, 7) is 0.0770. The van der Waals surface area contributed by atoms with Crippen LogP contribution in [0.5, 0.6) is 5.75 Å². The van der Waals surface area contributed by atoms with Gasteiger partial charge in [0, 0.05) is 13.7 Å². The van der Waals surface area contributed by atoms with Gasteiger partial charge in [0.25, 0.3) is 0 Å². The monoisotopic (exact) mass is 315 g/mol. The molecule has 7 heteroatoms. The number of methoxy groups -OCH3 is 2. The predicted octanol–water partition coefficient (Wildman–Crippen LogP) is 1.03. The number of benzene rings is 1. The molecule has 0 spiro atoms. The molecule has 6 nitrogen and oxygen atoms in total. The third kappa shape index (κ3) is 3.37. The molecule has 0 aromatic heterocycles. The van der Waals surface area contributed by atoms with Crippen molar-refractivity contribution in [1.82, 2.24) is 4.72 Å². The number of hydrogen-bond donors (Lipinski definition) is 2. The van der Waals surface area contributed by atoms with Crippen molar-refractivity contribution in [3.63, 3.8) is 0 Å². The average molecular weight is 315 g/mol. The van der Waals surface area contributed by atoms with Gasteiger partial charge in [-0.2, -0.15) is 0 Å². The van der Waals surface area contributed by atoms with E-state index in [-0.39, 0.29) is 29.4 Å². The molecule has 0 bridgehead atoms. The molecule has 21 heavy (non-hydrogen) atoms. The number of sulfonamides is 1.